The summed E-state index contributed by atoms with van der Waals surface area (Å²) < 4.78 is 13.3. The van der Waals surface area contributed by atoms with Gasteiger partial charge in [-0.1, -0.05) is 12.1 Å². The number of imidazole rings is 1. The third-order valence-electron chi connectivity index (χ3n) is 4.88. The fourth-order valence-corrected chi connectivity index (χ4v) is 3.60. The molecule has 0 fully saturated rings. The molecule has 2 heterocycles. The summed E-state index contributed by atoms with van der Waals surface area (Å²) in [5, 5.41) is 9.78. The van der Waals surface area contributed by atoms with E-state index in [1.165, 1.54) is 0 Å². The zero-order valence-corrected chi connectivity index (χ0v) is 18.6. The minimum absolute atomic E-state index is 0.0142. The predicted molar refractivity (Wildman–Crippen MR) is 125 cm³/mol. The molecule has 164 valence electrons. The Kier molecular flexibility index (Phi) is 5.86. The van der Waals surface area contributed by atoms with Crippen LogP contribution in [0.5, 0.6) is 11.5 Å². The first-order chi connectivity index (χ1) is 15.3. The van der Waals surface area contributed by atoms with Gasteiger partial charge in [0, 0.05) is 11.8 Å². The van der Waals surface area contributed by atoms with Gasteiger partial charge < -0.3 is 14.6 Å². The molecule has 0 bridgehead atoms. The first kappa shape index (κ1) is 21.4. The van der Waals surface area contributed by atoms with E-state index >= 15 is 0 Å². The minimum atomic E-state index is -1.07. The third-order valence-corrected chi connectivity index (χ3v) is 4.88. The molecule has 2 aromatic heterocycles. The maximum Gasteiger partial charge on any atom is 0.356 e. The molecule has 0 saturated carbocycles. The fourth-order valence-electron chi connectivity index (χ4n) is 3.60. The van der Waals surface area contributed by atoms with Crippen LogP contribution in [-0.2, 0) is 0 Å². The molecule has 0 atom stereocenters. The molecule has 32 heavy (non-hydrogen) atoms. The van der Waals surface area contributed by atoms with Crippen molar-refractivity contribution in [2.24, 2.45) is 0 Å². The highest BCUT2D eigenvalue weighted by atomic mass is 16.5. The van der Waals surface area contributed by atoms with Crippen LogP contribution in [0.4, 0.5) is 0 Å². The normalized spacial score (nSPS) is 11.3. The van der Waals surface area contributed by atoms with Crippen LogP contribution in [0.3, 0.4) is 0 Å². The Morgan fingerprint density at radius 3 is 1.78 bits per heavy atom. The monoisotopic (exact) mass is 430 g/mol. The fraction of sp³-hybridized carbons (Fsp3) is 0.231. The van der Waals surface area contributed by atoms with Gasteiger partial charge in [-0.15, -0.1) is 0 Å². The molecular weight excluding hydrogens is 404 g/mol. The lowest BCUT2D eigenvalue weighted by Crippen LogP contribution is -2.05. The van der Waals surface area contributed by atoms with Crippen LogP contribution in [0.1, 0.15) is 38.2 Å². The minimum Gasteiger partial charge on any atom is -0.491 e. The van der Waals surface area contributed by atoms with Gasteiger partial charge in [-0.25, -0.2) is 9.78 Å². The highest BCUT2D eigenvalue weighted by molar-refractivity contribution is 5.94. The van der Waals surface area contributed by atoms with E-state index in [0.29, 0.717) is 11.3 Å². The maximum absolute atomic E-state index is 11.9. The van der Waals surface area contributed by atoms with Crippen LogP contribution < -0.4 is 9.47 Å². The Bertz CT molecular complexity index is 1240. The second-order valence-corrected chi connectivity index (χ2v) is 8.14. The molecule has 4 aromatic rings. The van der Waals surface area contributed by atoms with Gasteiger partial charge in [0.25, 0.3) is 0 Å². The molecule has 6 heteroatoms. The summed E-state index contributed by atoms with van der Waals surface area (Å²) in [4.78, 5) is 16.3. The molecule has 0 saturated heterocycles. The zero-order chi connectivity index (χ0) is 22.8. The lowest BCUT2D eigenvalue weighted by molar-refractivity contribution is 0.0692. The van der Waals surface area contributed by atoms with E-state index in [1.54, 1.807) is 0 Å². The second-order valence-electron chi connectivity index (χ2n) is 8.14. The molecule has 0 radical (unpaired) electrons. The number of nitrogens with zero attached hydrogens (tertiary/aromatic N) is 2. The average molecular weight is 431 g/mol. The van der Waals surface area contributed by atoms with Crippen molar-refractivity contribution in [3.05, 3.63) is 72.6 Å². The summed E-state index contributed by atoms with van der Waals surface area (Å²) in [5.41, 5.74) is 3.82. The summed E-state index contributed by atoms with van der Waals surface area (Å²) in [5.74, 6) is 0.479. The summed E-state index contributed by atoms with van der Waals surface area (Å²) in [6.07, 6.45) is 2.09. The van der Waals surface area contributed by atoms with Crippen molar-refractivity contribution in [2.45, 2.75) is 39.9 Å². The first-order valence-electron chi connectivity index (χ1n) is 10.6. The third kappa shape index (κ3) is 4.44. The molecule has 0 unspecified atom stereocenters. The Hall–Kier alpha value is -3.80. The molecule has 1 N–H and O–H groups in total. The SMILES string of the molecule is CC(C)Oc1ccc(-c2ccc3nc(C(=O)O)c(-c4ccc(OC(C)C)cc4)n3c2)cc1. The zero-order valence-electron chi connectivity index (χ0n) is 18.6. The molecule has 0 aliphatic carbocycles. The van der Waals surface area contributed by atoms with Crippen molar-refractivity contribution < 1.29 is 19.4 Å². The van der Waals surface area contributed by atoms with E-state index in [-0.39, 0.29) is 17.9 Å². The molecule has 2 aromatic carbocycles. The number of hydrogen-bond donors (Lipinski definition) is 1. The number of carboxylic acids is 1. The van der Waals surface area contributed by atoms with E-state index in [1.807, 2.05) is 99.0 Å². The highest BCUT2D eigenvalue weighted by Crippen LogP contribution is 2.30. The van der Waals surface area contributed by atoms with Crippen LogP contribution >= 0.6 is 0 Å². The van der Waals surface area contributed by atoms with E-state index in [4.69, 9.17) is 9.47 Å². The van der Waals surface area contributed by atoms with Crippen molar-refractivity contribution in [2.75, 3.05) is 0 Å². The Balaban J connectivity index is 1.78. The van der Waals surface area contributed by atoms with E-state index in [9.17, 15) is 9.90 Å². The van der Waals surface area contributed by atoms with Crippen LogP contribution in [0, 0.1) is 0 Å². The topological polar surface area (TPSA) is 73.1 Å². The number of carboxylic acid groups (broad SMARTS) is 1. The van der Waals surface area contributed by atoms with Gasteiger partial charge in [0.1, 0.15) is 17.1 Å². The summed E-state index contributed by atoms with van der Waals surface area (Å²) in [6.45, 7) is 7.90. The summed E-state index contributed by atoms with van der Waals surface area (Å²) >= 11 is 0. The number of benzene rings is 2. The van der Waals surface area contributed by atoms with Crippen LogP contribution in [-0.4, -0.2) is 32.7 Å². The lowest BCUT2D eigenvalue weighted by atomic mass is 10.1. The van der Waals surface area contributed by atoms with Gasteiger partial charge in [-0.2, -0.15) is 0 Å². The quantitative estimate of drug-likeness (QED) is 0.393. The highest BCUT2D eigenvalue weighted by Gasteiger charge is 2.20. The number of ether oxygens (including phenoxy) is 2. The number of aromatic nitrogens is 2. The number of rotatable bonds is 7. The Labute approximate surface area is 187 Å². The van der Waals surface area contributed by atoms with Crippen LogP contribution in [0.25, 0.3) is 28.0 Å². The van der Waals surface area contributed by atoms with Crippen LogP contribution in [0.2, 0.25) is 0 Å². The smallest absolute Gasteiger partial charge is 0.356 e. The number of pyridine rings is 1. The second kappa shape index (κ2) is 8.75. The predicted octanol–water partition coefficient (Wildman–Crippen LogP) is 5.94. The number of carbonyl (C=O) groups is 1. The maximum atomic E-state index is 11.9. The standard InChI is InChI=1S/C26H26N2O4/c1-16(2)31-21-10-5-18(6-11-21)20-9-14-23-27-24(26(29)30)25(28(23)15-20)19-7-12-22(13-8-19)32-17(3)4/h5-17H,1-4H3,(H,29,30). The Morgan fingerprint density at radius 2 is 1.28 bits per heavy atom. The summed E-state index contributed by atoms with van der Waals surface area (Å²) in [6, 6.07) is 19.0. The van der Waals surface area contributed by atoms with Crippen LogP contribution in [0.15, 0.2) is 66.9 Å². The van der Waals surface area contributed by atoms with Gasteiger partial charge in [0.2, 0.25) is 0 Å². The number of fused-ring (bicyclic) bond motifs is 1. The first-order valence-corrected chi connectivity index (χ1v) is 10.6. The van der Waals surface area contributed by atoms with E-state index in [2.05, 4.69) is 4.98 Å². The van der Waals surface area contributed by atoms with Gasteiger partial charge >= 0.3 is 5.97 Å². The van der Waals surface area contributed by atoms with Gasteiger partial charge in [0.05, 0.1) is 17.9 Å². The summed E-state index contributed by atoms with van der Waals surface area (Å²) in [7, 11) is 0. The molecular formula is C26H26N2O4. The number of hydrogen-bond acceptors (Lipinski definition) is 4. The van der Waals surface area contributed by atoms with Gasteiger partial charge in [-0.05, 0) is 87.4 Å². The van der Waals surface area contributed by atoms with Crippen molar-refractivity contribution in [3.8, 4) is 33.9 Å². The number of aromatic carboxylic acids is 1. The molecule has 4 rings (SSSR count). The van der Waals surface area contributed by atoms with Gasteiger partial charge in [-0.3, -0.25) is 4.40 Å². The van der Waals surface area contributed by atoms with E-state index < -0.39 is 5.97 Å². The van der Waals surface area contributed by atoms with Crippen molar-refractivity contribution >= 4 is 11.6 Å². The van der Waals surface area contributed by atoms with Crippen molar-refractivity contribution in [1.82, 2.24) is 9.38 Å². The molecule has 0 aliphatic heterocycles. The molecule has 0 spiro atoms. The Morgan fingerprint density at radius 1 is 0.781 bits per heavy atom. The average Bonchev–Trinajstić information content (AvgIpc) is 3.13. The lowest BCUT2D eigenvalue weighted by Gasteiger charge is -2.11. The molecule has 0 amide bonds. The van der Waals surface area contributed by atoms with Crippen molar-refractivity contribution in [1.29, 1.82) is 0 Å². The van der Waals surface area contributed by atoms with Gasteiger partial charge in [0.15, 0.2) is 5.69 Å². The molecule has 0 aliphatic rings. The van der Waals surface area contributed by atoms with Crippen molar-refractivity contribution in [3.63, 3.8) is 0 Å². The van der Waals surface area contributed by atoms with E-state index in [0.717, 1.165) is 28.2 Å². The molecule has 6 nitrogen and oxygen atoms in total. The largest absolute Gasteiger partial charge is 0.491 e.